The summed E-state index contributed by atoms with van der Waals surface area (Å²) in [5.41, 5.74) is 0.814. The summed E-state index contributed by atoms with van der Waals surface area (Å²) in [6, 6.07) is 6.33. The molecule has 1 aromatic carbocycles. The highest BCUT2D eigenvalue weighted by Crippen LogP contribution is 2.27. The third-order valence-electron chi connectivity index (χ3n) is 3.77. The maximum Gasteiger partial charge on any atom is 0.195 e. The fourth-order valence-corrected chi connectivity index (χ4v) is 3.00. The number of aliphatic hydroxyl groups excluding tert-OH is 1. The molecule has 0 aliphatic rings. The largest absolute Gasteiger partial charge is 0.392 e. The van der Waals surface area contributed by atoms with Crippen LogP contribution in [0.2, 0.25) is 0 Å². The van der Waals surface area contributed by atoms with Crippen molar-refractivity contribution in [1.29, 1.82) is 0 Å². The Morgan fingerprint density at radius 3 is 2.48 bits per heavy atom. The van der Waals surface area contributed by atoms with Crippen molar-refractivity contribution < 1.29 is 9.50 Å². The van der Waals surface area contributed by atoms with Crippen molar-refractivity contribution in [3.8, 4) is 5.69 Å². The van der Waals surface area contributed by atoms with Gasteiger partial charge in [-0.1, -0.05) is 18.7 Å². The van der Waals surface area contributed by atoms with E-state index in [2.05, 4.69) is 10.2 Å². The lowest BCUT2D eigenvalue weighted by Gasteiger charge is -2.20. The molecule has 7 heteroatoms. The lowest BCUT2D eigenvalue weighted by molar-refractivity contribution is 0.195. The van der Waals surface area contributed by atoms with Gasteiger partial charge in [0.25, 0.3) is 0 Å². The zero-order valence-corrected chi connectivity index (χ0v) is 14.7. The fourth-order valence-electron chi connectivity index (χ4n) is 2.00. The molecule has 23 heavy (non-hydrogen) atoms. The van der Waals surface area contributed by atoms with Gasteiger partial charge in [0.2, 0.25) is 0 Å². The molecule has 0 saturated heterocycles. The molecule has 0 aliphatic carbocycles. The Labute approximate surface area is 140 Å². The predicted octanol–water partition coefficient (Wildman–Crippen LogP) is 2.89. The monoisotopic (exact) mass is 338 g/mol. The van der Waals surface area contributed by atoms with Crippen molar-refractivity contribution in [2.45, 2.75) is 37.6 Å². The van der Waals surface area contributed by atoms with E-state index in [1.54, 1.807) is 12.1 Å². The molecule has 126 valence electrons. The van der Waals surface area contributed by atoms with Crippen LogP contribution in [0.3, 0.4) is 0 Å². The molecule has 0 saturated carbocycles. The number of thioether (sulfide) groups is 1. The van der Waals surface area contributed by atoms with Gasteiger partial charge in [0.05, 0.1) is 12.1 Å². The Morgan fingerprint density at radius 1 is 1.26 bits per heavy atom. The molecule has 2 rings (SSSR count). The first-order chi connectivity index (χ1) is 10.9. The average Bonchev–Trinajstić information content (AvgIpc) is 2.96. The predicted molar refractivity (Wildman–Crippen MR) is 90.4 cm³/mol. The molecule has 1 N–H and O–H groups in total. The Bertz CT molecular complexity index is 630. The molecule has 5 nitrogen and oxygen atoms in total. The lowest BCUT2D eigenvalue weighted by Crippen LogP contribution is -2.20. The molecule has 0 aliphatic heterocycles. The highest BCUT2D eigenvalue weighted by atomic mass is 32.2. The number of aliphatic hydroxyl groups is 1. The molecule has 1 heterocycles. The zero-order valence-electron chi connectivity index (χ0n) is 13.9. The van der Waals surface area contributed by atoms with E-state index in [-0.39, 0.29) is 18.0 Å². The normalized spacial score (nSPS) is 14.2. The van der Waals surface area contributed by atoms with E-state index < -0.39 is 0 Å². The van der Waals surface area contributed by atoms with Crippen LogP contribution >= 0.6 is 11.8 Å². The van der Waals surface area contributed by atoms with E-state index in [1.165, 1.54) is 23.9 Å². The SMILES string of the molecule is CC[C@H](O)CSc1nnc([C@H](C)N(C)C)n1-c1ccc(F)cc1. The third-order valence-corrected chi connectivity index (χ3v) is 4.84. The highest BCUT2D eigenvalue weighted by molar-refractivity contribution is 7.99. The molecule has 0 amide bonds. The van der Waals surface area contributed by atoms with Crippen molar-refractivity contribution >= 4 is 11.8 Å². The first kappa shape index (κ1) is 17.9. The summed E-state index contributed by atoms with van der Waals surface area (Å²) < 4.78 is 15.2. The van der Waals surface area contributed by atoms with E-state index in [4.69, 9.17) is 0 Å². The molecule has 0 bridgehead atoms. The second kappa shape index (κ2) is 7.90. The van der Waals surface area contributed by atoms with Crippen molar-refractivity contribution in [2.75, 3.05) is 19.8 Å². The standard InChI is InChI=1S/C16H23FN4OS/c1-5-14(22)10-23-16-19-18-15(11(2)20(3)4)21(16)13-8-6-12(17)7-9-13/h6-9,11,14,22H,5,10H2,1-4H3/t11-,14-/m0/s1. The molecule has 1 aromatic heterocycles. The van der Waals surface area contributed by atoms with Gasteiger partial charge in [-0.3, -0.25) is 9.47 Å². The third kappa shape index (κ3) is 4.31. The number of hydrogen-bond acceptors (Lipinski definition) is 5. The van der Waals surface area contributed by atoms with Crippen LogP contribution in [0.25, 0.3) is 5.69 Å². The molecular weight excluding hydrogens is 315 g/mol. The quantitative estimate of drug-likeness (QED) is 0.787. The molecule has 0 unspecified atom stereocenters. The van der Waals surface area contributed by atoms with Gasteiger partial charge in [-0.05, 0) is 51.7 Å². The molecular formula is C16H23FN4OS. The lowest BCUT2D eigenvalue weighted by atomic mass is 10.2. The van der Waals surface area contributed by atoms with Gasteiger partial charge in [-0.25, -0.2) is 4.39 Å². The molecule has 0 fully saturated rings. The van der Waals surface area contributed by atoms with E-state index in [0.29, 0.717) is 17.3 Å². The minimum atomic E-state index is -0.381. The van der Waals surface area contributed by atoms with Crippen LogP contribution < -0.4 is 0 Å². The summed E-state index contributed by atoms with van der Waals surface area (Å²) >= 11 is 1.46. The minimum absolute atomic E-state index is 0.0537. The fraction of sp³-hybridized carbons (Fsp3) is 0.500. The molecule has 0 radical (unpaired) electrons. The molecule has 0 spiro atoms. The van der Waals surface area contributed by atoms with Crippen LogP contribution in [0.15, 0.2) is 29.4 Å². The molecule has 2 aromatic rings. The van der Waals surface area contributed by atoms with Crippen LogP contribution in [0.5, 0.6) is 0 Å². The number of nitrogens with zero attached hydrogens (tertiary/aromatic N) is 4. The average molecular weight is 338 g/mol. The van der Waals surface area contributed by atoms with Crippen molar-refractivity contribution in [3.05, 3.63) is 35.9 Å². The first-order valence-electron chi connectivity index (χ1n) is 7.62. The number of aromatic nitrogens is 3. The summed E-state index contributed by atoms with van der Waals surface area (Å²) in [6.07, 6.45) is 0.312. The molecule has 2 atom stereocenters. The summed E-state index contributed by atoms with van der Waals surface area (Å²) in [6.45, 7) is 3.98. The van der Waals surface area contributed by atoms with Gasteiger partial charge in [0.15, 0.2) is 11.0 Å². The minimum Gasteiger partial charge on any atom is -0.392 e. The van der Waals surface area contributed by atoms with Crippen LogP contribution in [-0.2, 0) is 0 Å². The van der Waals surface area contributed by atoms with Gasteiger partial charge >= 0.3 is 0 Å². The summed E-state index contributed by atoms with van der Waals surface area (Å²) in [5, 5.41) is 19.1. The smallest absolute Gasteiger partial charge is 0.195 e. The van der Waals surface area contributed by atoms with E-state index in [9.17, 15) is 9.50 Å². The van der Waals surface area contributed by atoms with Crippen LogP contribution in [0.4, 0.5) is 4.39 Å². The van der Waals surface area contributed by atoms with Crippen molar-refractivity contribution in [2.24, 2.45) is 0 Å². The van der Waals surface area contributed by atoms with Crippen LogP contribution in [0, 0.1) is 5.82 Å². The summed E-state index contributed by atoms with van der Waals surface area (Å²) in [5.74, 6) is 1.06. The maximum atomic E-state index is 13.2. The number of hydrogen-bond donors (Lipinski definition) is 1. The number of benzene rings is 1. The van der Waals surface area contributed by atoms with Crippen molar-refractivity contribution in [1.82, 2.24) is 19.7 Å². The Balaban J connectivity index is 2.40. The Hall–Kier alpha value is -1.44. The Kier molecular flexibility index (Phi) is 6.15. The topological polar surface area (TPSA) is 54.2 Å². The van der Waals surface area contributed by atoms with Crippen LogP contribution in [-0.4, -0.2) is 50.7 Å². The maximum absolute atomic E-state index is 13.2. The Morgan fingerprint density at radius 2 is 1.91 bits per heavy atom. The van der Waals surface area contributed by atoms with Gasteiger partial charge in [-0.2, -0.15) is 0 Å². The van der Waals surface area contributed by atoms with Gasteiger partial charge in [-0.15, -0.1) is 10.2 Å². The summed E-state index contributed by atoms with van der Waals surface area (Å²) in [4.78, 5) is 2.04. The zero-order chi connectivity index (χ0) is 17.0. The van der Waals surface area contributed by atoms with E-state index >= 15 is 0 Å². The first-order valence-corrected chi connectivity index (χ1v) is 8.61. The van der Waals surface area contributed by atoms with Gasteiger partial charge in [0, 0.05) is 11.4 Å². The van der Waals surface area contributed by atoms with E-state index in [0.717, 1.165) is 11.5 Å². The van der Waals surface area contributed by atoms with Gasteiger partial charge < -0.3 is 5.11 Å². The summed E-state index contributed by atoms with van der Waals surface area (Å²) in [7, 11) is 3.95. The second-order valence-electron chi connectivity index (χ2n) is 5.67. The number of rotatable bonds is 7. The highest BCUT2D eigenvalue weighted by Gasteiger charge is 2.21. The van der Waals surface area contributed by atoms with Crippen LogP contribution in [0.1, 0.15) is 32.1 Å². The van der Waals surface area contributed by atoms with Gasteiger partial charge in [0.1, 0.15) is 5.82 Å². The van der Waals surface area contributed by atoms with E-state index in [1.807, 2.05) is 37.4 Å². The van der Waals surface area contributed by atoms with Crippen molar-refractivity contribution in [3.63, 3.8) is 0 Å². The number of halogens is 1. The second-order valence-corrected chi connectivity index (χ2v) is 6.65.